The van der Waals surface area contributed by atoms with E-state index in [9.17, 15) is 14.4 Å². The molecule has 3 N–H and O–H groups in total. The van der Waals surface area contributed by atoms with Gasteiger partial charge in [-0.2, -0.15) is 0 Å². The van der Waals surface area contributed by atoms with Gasteiger partial charge in [-0.3, -0.25) is 14.4 Å². The van der Waals surface area contributed by atoms with Crippen LogP contribution in [0.25, 0.3) is 0 Å². The summed E-state index contributed by atoms with van der Waals surface area (Å²) in [5, 5.41) is 3.16. The number of carbonyl (C=O) groups is 3. The zero-order valence-corrected chi connectivity index (χ0v) is 14.2. The summed E-state index contributed by atoms with van der Waals surface area (Å²) in [4.78, 5) is 35.0. The molecule has 2 rings (SSSR count). The highest BCUT2D eigenvalue weighted by atomic mass is 35.5. The summed E-state index contributed by atoms with van der Waals surface area (Å²) in [7, 11) is 0. The molecule has 25 heavy (non-hydrogen) atoms. The topological polar surface area (TPSA) is 98.5 Å². The molecule has 0 spiro atoms. The Bertz CT molecular complexity index is 790. The summed E-state index contributed by atoms with van der Waals surface area (Å²) in [6, 6.07) is 12.1. The Hall–Kier alpha value is -2.86. The van der Waals surface area contributed by atoms with E-state index in [1.807, 2.05) is 0 Å². The zero-order valence-electron chi connectivity index (χ0n) is 13.5. The highest BCUT2D eigenvalue weighted by molar-refractivity contribution is 6.30. The molecule has 0 aliphatic rings. The predicted molar refractivity (Wildman–Crippen MR) is 93.4 cm³/mol. The van der Waals surface area contributed by atoms with Crippen LogP contribution < -0.4 is 15.8 Å². The maximum absolute atomic E-state index is 12.4. The van der Waals surface area contributed by atoms with Gasteiger partial charge < -0.3 is 15.8 Å². The van der Waals surface area contributed by atoms with Gasteiger partial charge in [0.1, 0.15) is 11.8 Å². The third kappa shape index (κ3) is 5.61. The molecule has 0 bridgehead atoms. The van der Waals surface area contributed by atoms with Crippen molar-refractivity contribution in [2.24, 2.45) is 5.73 Å². The van der Waals surface area contributed by atoms with E-state index in [2.05, 4.69) is 5.32 Å². The van der Waals surface area contributed by atoms with Crippen molar-refractivity contribution < 1.29 is 19.1 Å². The fourth-order valence-corrected chi connectivity index (χ4v) is 2.31. The lowest BCUT2D eigenvalue weighted by Gasteiger charge is -2.16. The molecule has 0 heterocycles. The lowest BCUT2D eigenvalue weighted by molar-refractivity contribution is -0.131. The molecule has 2 aromatic rings. The van der Waals surface area contributed by atoms with E-state index in [4.69, 9.17) is 22.1 Å². The van der Waals surface area contributed by atoms with Gasteiger partial charge in [-0.1, -0.05) is 29.8 Å². The molecule has 6 nitrogen and oxygen atoms in total. The number of nitrogens with one attached hydrogen (secondary N) is 1. The maximum Gasteiger partial charge on any atom is 0.308 e. The van der Waals surface area contributed by atoms with E-state index in [0.717, 1.165) is 5.56 Å². The predicted octanol–water partition coefficient (Wildman–Crippen LogP) is 2.09. The van der Waals surface area contributed by atoms with Gasteiger partial charge in [0.05, 0.1) is 0 Å². The number of carbonyl (C=O) groups excluding carboxylic acids is 3. The van der Waals surface area contributed by atoms with Crippen LogP contribution in [-0.4, -0.2) is 23.8 Å². The van der Waals surface area contributed by atoms with Gasteiger partial charge in [-0.15, -0.1) is 0 Å². The van der Waals surface area contributed by atoms with E-state index in [1.54, 1.807) is 42.5 Å². The molecule has 7 heteroatoms. The van der Waals surface area contributed by atoms with Gasteiger partial charge in [0, 0.05) is 23.9 Å². The van der Waals surface area contributed by atoms with Crippen LogP contribution in [0.5, 0.6) is 5.75 Å². The van der Waals surface area contributed by atoms with Gasteiger partial charge in [-0.05, 0) is 35.9 Å². The lowest BCUT2D eigenvalue weighted by atomic mass is 10.0. The molecule has 0 fully saturated rings. The largest absolute Gasteiger partial charge is 0.427 e. The van der Waals surface area contributed by atoms with E-state index >= 15 is 0 Å². The van der Waals surface area contributed by atoms with Crippen molar-refractivity contribution >= 4 is 29.4 Å². The summed E-state index contributed by atoms with van der Waals surface area (Å²) in [6.45, 7) is 1.27. The standard InChI is InChI=1S/C18H17ClN2O4/c1-11(22)25-15-4-2-3-13(10-15)18(24)21-16(17(20)23)9-12-5-7-14(19)8-6-12/h2-8,10,16H,9H2,1H3,(H2,20,23)(H,21,24)/t16-/m1/s1. The SMILES string of the molecule is CC(=O)Oc1cccc(C(=O)N[C@H](Cc2ccc(Cl)cc2)C(N)=O)c1. The Morgan fingerprint density at radius 3 is 2.44 bits per heavy atom. The minimum Gasteiger partial charge on any atom is -0.427 e. The van der Waals surface area contributed by atoms with Crippen LogP contribution in [0.1, 0.15) is 22.8 Å². The van der Waals surface area contributed by atoms with Crippen molar-refractivity contribution in [1.29, 1.82) is 0 Å². The smallest absolute Gasteiger partial charge is 0.308 e. The zero-order chi connectivity index (χ0) is 18.4. The summed E-state index contributed by atoms with van der Waals surface area (Å²) in [5.41, 5.74) is 6.45. The monoisotopic (exact) mass is 360 g/mol. The van der Waals surface area contributed by atoms with Crippen molar-refractivity contribution in [2.75, 3.05) is 0 Å². The summed E-state index contributed by atoms with van der Waals surface area (Å²) in [5.74, 6) is -1.39. The highest BCUT2D eigenvalue weighted by Crippen LogP contribution is 2.15. The van der Waals surface area contributed by atoms with Crippen LogP contribution in [0.3, 0.4) is 0 Å². The third-order valence-corrected chi connectivity index (χ3v) is 3.61. The summed E-state index contributed by atoms with van der Waals surface area (Å²) in [6.07, 6.45) is 0.238. The number of rotatable bonds is 6. The van der Waals surface area contributed by atoms with E-state index in [0.29, 0.717) is 5.02 Å². The number of hydrogen-bond donors (Lipinski definition) is 2. The molecular formula is C18H17ClN2O4. The van der Waals surface area contributed by atoms with E-state index in [-0.39, 0.29) is 17.7 Å². The average molecular weight is 361 g/mol. The molecule has 0 saturated carbocycles. The number of esters is 1. The first-order chi connectivity index (χ1) is 11.8. The van der Waals surface area contributed by atoms with Crippen LogP contribution in [0, 0.1) is 0 Å². The molecule has 0 aliphatic heterocycles. The van der Waals surface area contributed by atoms with E-state index < -0.39 is 23.8 Å². The molecule has 0 unspecified atom stereocenters. The second-order valence-electron chi connectivity index (χ2n) is 5.38. The first-order valence-electron chi connectivity index (χ1n) is 7.48. The first-order valence-corrected chi connectivity index (χ1v) is 7.86. The van der Waals surface area contributed by atoms with E-state index in [1.165, 1.54) is 13.0 Å². The van der Waals surface area contributed by atoms with Crippen molar-refractivity contribution in [1.82, 2.24) is 5.32 Å². The van der Waals surface area contributed by atoms with Crippen molar-refractivity contribution in [3.05, 3.63) is 64.7 Å². The van der Waals surface area contributed by atoms with Crippen molar-refractivity contribution in [3.63, 3.8) is 0 Å². The number of primary amides is 1. The number of hydrogen-bond acceptors (Lipinski definition) is 4. The highest BCUT2D eigenvalue weighted by Gasteiger charge is 2.20. The molecule has 2 aromatic carbocycles. The third-order valence-electron chi connectivity index (χ3n) is 3.36. The molecule has 0 aliphatic carbocycles. The maximum atomic E-state index is 12.4. The van der Waals surface area contributed by atoms with Gasteiger partial charge in [-0.25, -0.2) is 0 Å². The molecule has 130 valence electrons. The second-order valence-corrected chi connectivity index (χ2v) is 5.82. The minimum absolute atomic E-state index is 0.238. The Kier molecular flexibility index (Phi) is 6.14. The quantitative estimate of drug-likeness (QED) is 0.608. The van der Waals surface area contributed by atoms with Crippen LogP contribution in [-0.2, 0) is 16.0 Å². The molecule has 2 amide bonds. The van der Waals surface area contributed by atoms with Crippen LogP contribution in [0.4, 0.5) is 0 Å². The lowest BCUT2D eigenvalue weighted by Crippen LogP contribution is -2.45. The second kappa shape index (κ2) is 8.30. The van der Waals surface area contributed by atoms with Crippen molar-refractivity contribution in [3.8, 4) is 5.75 Å². The Morgan fingerprint density at radius 2 is 1.84 bits per heavy atom. The van der Waals surface area contributed by atoms with Crippen LogP contribution >= 0.6 is 11.6 Å². The Labute approximate surface area is 149 Å². The average Bonchev–Trinajstić information content (AvgIpc) is 2.55. The van der Waals surface area contributed by atoms with Crippen LogP contribution in [0.15, 0.2) is 48.5 Å². The van der Waals surface area contributed by atoms with Gasteiger partial charge in [0.2, 0.25) is 5.91 Å². The molecule has 0 saturated heterocycles. The number of ether oxygens (including phenoxy) is 1. The van der Waals surface area contributed by atoms with Gasteiger partial charge in [0.15, 0.2) is 0 Å². The number of halogens is 1. The molecule has 0 radical (unpaired) electrons. The normalized spacial score (nSPS) is 11.4. The number of benzene rings is 2. The minimum atomic E-state index is -0.883. The van der Waals surface area contributed by atoms with Crippen molar-refractivity contribution in [2.45, 2.75) is 19.4 Å². The number of amides is 2. The summed E-state index contributed by atoms with van der Waals surface area (Å²) < 4.78 is 4.94. The molecular weight excluding hydrogens is 344 g/mol. The Balaban J connectivity index is 2.11. The van der Waals surface area contributed by atoms with Crippen LogP contribution in [0.2, 0.25) is 5.02 Å². The Morgan fingerprint density at radius 1 is 1.16 bits per heavy atom. The number of nitrogens with two attached hydrogens (primary N) is 1. The van der Waals surface area contributed by atoms with Gasteiger partial charge in [0.25, 0.3) is 5.91 Å². The fourth-order valence-electron chi connectivity index (χ4n) is 2.19. The first kappa shape index (κ1) is 18.5. The molecule has 0 aromatic heterocycles. The van der Waals surface area contributed by atoms with Gasteiger partial charge >= 0.3 is 5.97 Å². The fraction of sp³-hybridized carbons (Fsp3) is 0.167. The molecule has 1 atom stereocenters. The summed E-state index contributed by atoms with van der Waals surface area (Å²) >= 11 is 5.83.